The molecule has 1 saturated carbocycles. The van der Waals surface area contributed by atoms with Gasteiger partial charge in [-0.1, -0.05) is 19.3 Å². The SMILES string of the molecule is Cc1ccoc1C(=O)NC1(C(=O)O)CCCCC1. The number of nitrogens with one attached hydrogen (secondary N) is 1. The summed E-state index contributed by atoms with van der Waals surface area (Å²) in [5.41, 5.74) is -0.418. The molecule has 0 aliphatic heterocycles. The third-order valence-corrected chi connectivity index (χ3v) is 3.54. The van der Waals surface area contributed by atoms with E-state index >= 15 is 0 Å². The van der Waals surface area contributed by atoms with Gasteiger partial charge in [0.15, 0.2) is 5.76 Å². The minimum absolute atomic E-state index is 0.196. The number of hydrogen-bond donors (Lipinski definition) is 2. The summed E-state index contributed by atoms with van der Waals surface area (Å²) in [6.45, 7) is 1.76. The largest absolute Gasteiger partial charge is 0.480 e. The molecule has 0 saturated heterocycles. The lowest BCUT2D eigenvalue weighted by molar-refractivity contribution is -0.145. The van der Waals surface area contributed by atoms with E-state index in [0.717, 1.165) is 19.3 Å². The first-order valence-corrected chi connectivity index (χ1v) is 6.15. The summed E-state index contributed by atoms with van der Waals surface area (Å²) in [6.07, 6.45) is 5.05. The maximum Gasteiger partial charge on any atom is 0.329 e. The molecular formula is C13H17NO4. The number of hydrogen-bond acceptors (Lipinski definition) is 3. The first-order valence-electron chi connectivity index (χ1n) is 6.15. The van der Waals surface area contributed by atoms with Crippen molar-refractivity contribution in [3.05, 3.63) is 23.7 Å². The number of carboxylic acids is 1. The molecule has 98 valence electrons. The normalized spacial score (nSPS) is 18.3. The molecule has 0 spiro atoms. The number of carboxylic acid groups (broad SMARTS) is 1. The van der Waals surface area contributed by atoms with Crippen molar-refractivity contribution < 1.29 is 19.1 Å². The van der Waals surface area contributed by atoms with Crippen molar-refractivity contribution in [1.29, 1.82) is 0 Å². The molecule has 1 aromatic heterocycles. The molecule has 1 amide bonds. The third kappa shape index (κ3) is 2.25. The lowest BCUT2D eigenvalue weighted by Crippen LogP contribution is -2.55. The Labute approximate surface area is 105 Å². The van der Waals surface area contributed by atoms with Crippen LogP contribution in [0, 0.1) is 6.92 Å². The average molecular weight is 251 g/mol. The van der Waals surface area contributed by atoms with Gasteiger partial charge in [-0.3, -0.25) is 4.79 Å². The Morgan fingerprint density at radius 3 is 2.50 bits per heavy atom. The van der Waals surface area contributed by atoms with E-state index in [9.17, 15) is 14.7 Å². The van der Waals surface area contributed by atoms with Gasteiger partial charge in [0.2, 0.25) is 0 Å². The van der Waals surface area contributed by atoms with Gasteiger partial charge in [0, 0.05) is 5.56 Å². The Morgan fingerprint density at radius 2 is 2.00 bits per heavy atom. The number of carbonyl (C=O) groups is 2. The zero-order valence-corrected chi connectivity index (χ0v) is 10.4. The van der Waals surface area contributed by atoms with E-state index in [0.29, 0.717) is 18.4 Å². The van der Waals surface area contributed by atoms with Crippen LogP contribution in [0.4, 0.5) is 0 Å². The van der Waals surface area contributed by atoms with Crippen molar-refractivity contribution in [2.75, 3.05) is 0 Å². The van der Waals surface area contributed by atoms with E-state index in [1.54, 1.807) is 13.0 Å². The zero-order valence-electron chi connectivity index (χ0n) is 10.4. The first kappa shape index (κ1) is 12.7. The Kier molecular flexibility index (Phi) is 3.41. The molecule has 1 fully saturated rings. The topological polar surface area (TPSA) is 79.5 Å². The Hall–Kier alpha value is -1.78. The van der Waals surface area contributed by atoms with Crippen LogP contribution < -0.4 is 5.32 Å². The highest BCUT2D eigenvalue weighted by Gasteiger charge is 2.41. The van der Waals surface area contributed by atoms with Gasteiger partial charge in [-0.2, -0.15) is 0 Å². The molecular weight excluding hydrogens is 234 g/mol. The Balaban J connectivity index is 2.17. The van der Waals surface area contributed by atoms with Crippen LogP contribution >= 0.6 is 0 Å². The van der Waals surface area contributed by atoms with Gasteiger partial charge in [0.05, 0.1) is 6.26 Å². The number of carbonyl (C=O) groups excluding carboxylic acids is 1. The quantitative estimate of drug-likeness (QED) is 0.862. The number of aryl methyl sites for hydroxylation is 1. The fourth-order valence-electron chi connectivity index (χ4n) is 2.43. The highest BCUT2D eigenvalue weighted by molar-refractivity contribution is 5.96. The number of amides is 1. The molecule has 0 aromatic carbocycles. The Morgan fingerprint density at radius 1 is 1.33 bits per heavy atom. The van der Waals surface area contributed by atoms with Crippen LogP contribution in [0.3, 0.4) is 0 Å². The molecule has 18 heavy (non-hydrogen) atoms. The minimum Gasteiger partial charge on any atom is -0.480 e. The molecule has 2 N–H and O–H groups in total. The van der Waals surface area contributed by atoms with E-state index in [4.69, 9.17) is 4.42 Å². The molecule has 5 heteroatoms. The molecule has 5 nitrogen and oxygen atoms in total. The minimum atomic E-state index is -1.13. The van der Waals surface area contributed by atoms with Crippen molar-refractivity contribution >= 4 is 11.9 Å². The molecule has 1 aromatic rings. The van der Waals surface area contributed by atoms with Gasteiger partial charge < -0.3 is 14.8 Å². The molecule has 1 heterocycles. The van der Waals surface area contributed by atoms with Crippen LogP contribution in [0.2, 0.25) is 0 Å². The van der Waals surface area contributed by atoms with Crippen molar-refractivity contribution in [3.63, 3.8) is 0 Å². The van der Waals surface area contributed by atoms with Gasteiger partial charge >= 0.3 is 5.97 Å². The predicted octanol–water partition coefficient (Wildman–Crippen LogP) is 2.11. The second-order valence-electron chi connectivity index (χ2n) is 4.83. The summed E-state index contributed by atoms with van der Waals surface area (Å²) in [5.74, 6) is -1.21. The summed E-state index contributed by atoms with van der Waals surface area (Å²) in [4.78, 5) is 23.5. The lowest BCUT2D eigenvalue weighted by Gasteiger charge is -2.33. The molecule has 1 aliphatic rings. The van der Waals surface area contributed by atoms with E-state index in [1.165, 1.54) is 6.26 Å². The first-order chi connectivity index (χ1) is 8.55. The third-order valence-electron chi connectivity index (χ3n) is 3.54. The highest BCUT2D eigenvalue weighted by Crippen LogP contribution is 2.29. The summed E-state index contributed by atoms with van der Waals surface area (Å²) < 4.78 is 5.09. The van der Waals surface area contributed by atoms with Crippen LogP contribution in [0.15, 0.2) is 16.7 Å². The molecule has 2 rings (SSSR count). The average Bonchev–Trinajstić information content (AvgIpc) is 2.76. The van der Waals surface area contributed by atoms with E-state index in [1.807, 2.05) is 0 Å². The Bertz CT molecular complexity index is 457. The monoisotopic (exact) mass is 251 g/mol. The molecule has 0 radical (unpaired) electrons. The van der Waals surface area contributed by atoms with Crippen LogP contribution in [-0.2, 0) is 4.79 Å². The van der Waals surface area contributed by atoms with E-state index in [2.05, 4.69) is 5.32 Å². The highest BCUT2D eigenvalue weighted by atomic mass is 16.4. The second-order valence-corrected chi connectivity index (χ2v) is 4.83. The summed E-state index contributed by atoms with van der Waals surface area (Å²) >= 11 is 0. The fraction of sp³-hybridized carbons (Fsp3) is 0.538. The summed E-state index contributed by atoms with van der Waals surface area (Å²) in [5, 5.41) is 12.0. The number of rotatable bonds is 3. The van der Waals surface area contributed by atoms with Gasteiger partial charge in [-0.25, -0.2) is 4.79 Å². The summed E-state index contributed by atoms with van der Waals surface area (Å²) in [7, 11) is 0. The summed E-state index contributed by atoms with van der Waals surface area (Å²) in [6, 6.07) is 1.68. The van der Waals surface area contributed by atoms with Crippen LogP contribution in [0.5, 0.6) is 0 Å². The second kappa shape index (κ2) is 4.84. The maximum absolute atomic E-state index is 12.0. The van der Waals surface area contributed by atoms with Gasteiger partial charge in [0.25, 0.3) is 5.91 Å². The van der Waals surface area contributed by atoms with Crippen LogP contribution in [0.1, 0.15) is 48.2 Å². The maximum atomic E-state index is 12.0. The molecule has 0 bridgehead atoms. The molecule has 0 atom stereocenters. The predicted molar refractivity (Wildman–Crippen MR) is 64.4 cm³/mol. The van der Waals surface area contributed by atoms with Crippen molar-refractivity contribution in [2.45, 2.75) is 44.6 Å². The molecule has 1 aliphatic carbocycles. The standard InChI is InChI=1S/C13H17NO4/c1-9-5-8-18-10(9)11(15)14-13(12(16)17)6-3-2-4-7-13/h5,8H,2-4,6-7H2,1H3,(H,14,15)(H,16,17). The van der Waals surface area contributed by atoms with Crippen molar-refractivity contribution in [3.8, 4) is 0 Å². The van der Waals surface area contributed by atoms with E-state index < -0.39 is 17.4 Å². The van der Waals surface area contributed by atoms with Gasteiger partial charge in [0.1, 0.15) is 5.54 Å². The fourth-order valence-corrected chi connectivity index (χ4v) is 2.43. The van der Waals surface area contributed by atoms with Gasteiger partial charge in [-0.05, 0) is 25.8 Å². The number of aliphatic carboxylic acids is 1. The zero-order chi connectivity index (χ0) is 13.2. The lowest BCUT2D eigenvalue weighted by atomic mass is 9.81. The smallest absolute Gasteiger partial charge is 0.329 e. The molecule has 0 unspecified atom stereocenters. The van der Waals surface area contributed by atoms with Crippen LogP contribution in [-0.4, -0.2) is 22.5 Å². The number of furan rings is 1. The van der Waals surface area contributed by atoms with Crippen molar-refractivity contribution in [2.24, 2.45) is 0 Å². The van der Waals surface area contributed by atoms with Crippen molar-refractivity contribution in [1.82, 2.24) is 5.32 Å². The van der Waals surface area contributed by atoms with Gasteiger partial charge in [-0.15, -0.1) is 0 Å². The van der Waals surface area contributed by atoms with E-state index in [-0.39, 0.29) is 5.76 Å². The van der Waals surface area contributed by atoms with Crippen LogP contribution in [0.25, 0.3) is 0 Å².